The summed E-state index contributed by atoms with van der Waals surface area (Å²) in [7, 11) is -5.64. The first-order valence-corrected chi connectivity index (χ1v) is 17.5. The lowest BCUT2D eigenvalue weighted by Gasteiger charge is -2.46. The van der Waals surface area contributed by atoms with Gasteiger partial charge in [0, 0.05) is 12.1 Å². The minimum atomic E-state index is -3.90. The lowest BCUT2D eigenvalue weighted by Crippen LogP contribution is -2.54. The van der Waals surface area contributed by atoms with Gasteiger partial charge in [0.1, 0.15) is 21.8 Å². The summed E-state index contributed by atoms with van der Waals surface area (Å²) in [5, 5.41) is 14.7. The van der Waals surface area contributed by atoms with Gasteiger partial charge in [-0.3, -0.25) is 23.5 Å². The van der Waals surface area contributed by atoms with Gasteiger partial charge < -0.3 is 10.4 Å². The first kappa shape index (κ1) is 31.7. The standard InChI is InChI=1S/C32H38N4O6S2/c1-31(2,3)17-18-32(36(4)20-21-11-7-6-8-12-21)24-14-10-9-13-23(24)28(37)27(29(32)38)30-33-25-16-15-22(34-43(5,39)40)19-26(25)44(41,42)35-30/h6-16,19,34,37,41-42H,17-18,20H2,1-5H3,(H,33,35). The van der Waals surface area contributed by atoms with Crippen LogP contribution in [0, 0.1) is 5.41 Å². The van der Waals surface area contributed by atoms with Gasteiger partial charge in [-0.2, -0.15) is 0 Å². The van der Waals surface area contributed by atoms with E-state index in [1.165, 1.54) is 18.2 Å². The second-order valence-electron chi connectivity index (χ2n) is 12.5. The van der Waals surface area contributed by atoms with E-state index >= 15 is 0 Å². The van der Waals surface area contributed by atoms with E-state index in [9.17, 15) is 27.4 Å². The summed E-state index contributed by atoms with van der Waals surface area (Å²) in [5.74, 6) is -0.909. The Kier molecular flexibility index (Phi) is 8.19. The van der Waals surface area contributed by atoms with Crippen molar-refractivity contribution in [1.82, 2.24) is 4.90 Å². The summed E-state index contributed by atoms with van der Waals surface area (Å²) in [5.41, 5.74) is 0.972. The average molecular weight is 639 g/mol. The Morgan fingerprint density at radius 3 is 2.34 bits per heavy atom. The van der Waals surface area contributed by atoms with Crippen LogP contribution in [-0.2, 0) is 26.9 Å². The van der Waals surface area contributed by atoms with Crippen LogP contribution in [0.25, 0.3) is 5.76 Å². The minimum Gasteiger partial charge on any atom is -0.506 e. The van der Waals surface area contributed by atoms with Gasteiger partial charge in [-0.05, 0) is 54.6 Å². The molecule has 5 rings (SSSR count). The normalized spacial score (nSPS) is 20.4. The van der Waals surface area contributed by atoms with Crippen LogP contribution in [0.2, 0.25) is 0 Å². The van der Waals surface area contributed by atoms with Crippen LogP contribution in [0.1, 0.15) is 50.3 Å². The molecule has 1 atom stereocenters. The summed E-state index contributed by atoms with van der Waals surface area (Å²) in [6.07, 6.45) is 2.09. The number of carbonyl (C=O) groups is 1. The third-order valence-corrected chi connectivity index (χ3v) is 9.88. The van der Waals surface area contributed by atoms with E-state index in [0.29, 0.717) is 30.5 Å². The molecule has 0 fully saturated rings. The van der Waals surface area contributed by atoms with Gasteiger partial charge >= 0.3 is 0 Å². The predicted molar refractivity (Wildman–Crippen MR) is 176 cm³/mol. The van der Waals surface area contributed by atoms with Crippen molar-refractivity contribution in [3.8, 4) is 0 Å². The van der Waals surface area contributed by atoms with Crippen LogP contribution >= 0.6 is 10.8 Å². The van der Waals surface area contributed by atoms with E-state index in [1.54, 1.807) is 12.1 Å². The van der Waals surface area contributed by atoms with E-state index in [0.717, 1.165) is 11.8 Å². The van der Waals surface area contributed by atoms with E-state index in [1.807, 2.05) is 54.4 Å². The van der Waals surface area contributed by atoms with Crippen molar-refractivity contribution >= 4 is 49.6 Å². The molecular weight excluding hydrogens is 601 g/mol. The monoisotopic (exact) mass is 638 g/mol. The van der Waals surface area contributed by atoms with Gasteiger partial charge in [-0.1, -0.05) is 86.1 Å². The molecule has 0 amide bonds. The fourth-order valence-corrected chi connectivity index (χ4v) is 7.52. The molecule has 1 aliphatic heterocycles. The third kappa shape index (κ3) is 6.13. The zero-order valence-electron chi connectivity index (χ0n) is 25.3. The number of ketones is 1. The molecule has 5 N–H and O–H groups in total. The molecule has 1 aliphatic carbocycles. The zero-order valence-corrected chi connectivity index (χ0v) is 27.0. The van der Waals surface area contributed by atoms with Crippen molar-refractivity contribution in [2.24, 2.45) is 9.81 Å². The lowest BCUT2D eigenvalue weighted by atomic mass is 9.69. The minimum absolute atomic E-state index is 0.0427. The summed E-state index contributed by atoms with van der Waals surface area (Å²) < 4.78 is 52.4. The molecule has 0 aromatic heterocycles. The maximum Gasteiger partial charge on any atom is 0.229 e. The molecule has 234 valence electrons. The second-order valence-corrected chi connectivity index (χ2v) is 15.9. The number of hydrogen-bond acceptors (Lipinski definition) is 9. The molecule has 0 spiro atoms. The number of aliphatic hydroxyl groups excluding tert-OH is 1. The molecule has 0 bridgehead atoms. The fraction of sp³-hybridized carbons (Fsp3) is 0.312. The molecule has 44 heavy (non-hydrogen) atoms. The molecule has 0 saturated heterocycles. The number of amidine groups is 1. The number of aliphatic hydroxyl groups is 1. The summed E-state index contributed by atoms with van der Waals surface area (Å²) in [6.45, 7) is 6.76. The average Bonchev–Trinajstić information content (AvgIpc) is 2.92. The molecule has 2 aliphatic rings. The van der Waals surface area contributed by atoms with Crippen LogP contribution in [-0.4, -0.2) is 52.5 Å². The third-order valence-electron chi connectivity index (χ3n) is 7.91. The van der Waals surface area contributed by atoms with Crippen molar-refractivity contribution in [3.05, 3.63) is 95.1 Å². The maximum absolute atomic E-state index is 15.0. The first-order chi connectivity index (χ1) is 20.5. The molecule has 1 heterocycles. The van der Waals surface area contributed by atoms with E-state index in [4.69, 9.17) is 0 Å². The number of sulfonamides is 1. The first-order valence-electron chi connectivity index (χ1n) is 14.1. The number of fused-ring (bicyclic) bond motifs is 2. The number of rotatable bonds is 8. The molecule has 10 nitrogen and oxygen atoms in total. The Balaban J connectivity index is 1.66. The number of nitrogens with zero attached hydrogens (tertiary/aromatic N) is 2. The van der Waals surface area contributed by atoms with Crippen LogP contribution in [0.3, 0.4) is 0 Å². The summed E-state index contributed by atoms with van der Waals surface area (Å²) >= 11 is 0. The molecule has 3 aromatic rings. The number of Topliss-reactive ketones (excluding diaryl/α,β-unsaturated/α-hetero) is 1. The topological polar surface area (TPSA) is 152 Å². The van der Waals surface area contributed by atoms with E-state index in [2.05, 4.69) is 35.2 Å². The highest BCUT2D eigenvalue weighted by Crippen LogP contribution is 2.57. The number of hydrogen-bond donors (Lipinski definition) is 5. The number of benzene rings is 3. The van der Waals surface area contributed by atoms with Crippen LogP contribution in [0.4, 0.5) is 11.4 Å². The quantitative estimate of drug-likeness (QED) is 0.185. The van der Waals surface area contributed by atoms with Crippen molar-refractivity contribution in [3.63, 3.8) is 0 Å². The van der Waals surface area contributed by atoms with E-state index < -0.39 is 32.1 Å². The predicted octanol–water partition coefficient (Wildman–Crippen LogP) is 6.61. The highest BCUT2D eigenvalue weighted by Gasteiger charge is 2.52. The van der Waals surface area contributed by atoms with Crippen molar-refractivity contribution < 1.29 is 27.4 Å². The van der Waals surface area contributed by atoms with E-state index in [-0.39, 0.29) is 38.9 Å². The molecule has 0 saturated carbocycles. The van der Waals surface area contributed by atoms with Gasteiger partial charge in [-0.15, -0.1) is 4.40 Å². The van der Waals surface area contributed by atoms with Crippen LogP contribution in [0.5, 0.6) is 0 Å². The Morgan fingerprint density at radius 1 is 1.02 bits per heavy atom. The number of nitrogens with one attached hydrogen (secondary N) is 2. The maximum atomic E-state index is 15.0. The van der Waals surface area contributed by atoms with Gasteiger partial charge in [0.25, 0.3) is 0 Å². The zero-order chi connectivity index (χ0) is 32.1. The largest absolute Gasteiger partial charge is 0.506 e. The van der Waals surface area contributed by atoms with Gasteiger partial charge in [0.2, 0.25) is 10.0 Å². The number of likely N-dealkylation sites (N-methyl/N-ethyl adjacent to an activating group) is 1. The Labute approximate surface area is 260 Å². The summed E-state index contributed by atoms with van der Waals surface area (Å²) in [4.78, 5) is 16.9. The number of carbonyl (C=O) groups excluding carboxylic acids is 1. The van der Waals surface area contributed by atoms with Crippen LogP contribution in [0.15, 0.2) is 87.7 Å². The molecule has 12 heteroatoms. The Morgan fingerprint density at radius 2 is 1.68 bits per heavy atom. The Bertz CT molecular complexity index is 1780. The number of anilines is 2. The smallest absolute Gasteiger partial charge is 0.229 e. The van der Waals surface area contributed by atoms with Crippen molar-refractivity contribution in [2.75, 3.05) is 23.3 Å². The molecule has 1 unspecified atom stereocenters. The van der Waals surface area contributed by atoms with Crippen molar-refractivity contribution in [2.45, 2.75) is 50.6 Å². The molecular formula is C32H38N4O6S2. The SMILES string of the molecule is CN(Cc1ccccc1)C1(CCC(C)(C)C)C(=O)C(C2=NS(O)(O)c3cc(NS(C)(=O)=O)ccc3N2)=C(O)c2ccccc21. The van der Waals surface area contributed by atoms with Crippen LogP contribution < -0.4 is 10.0 Å². The summed E-state index contributed by atoms with van der Waals surface area (Å²) in [6, 6.07) is 21.3. The second kappa shape index (κ2) is 11.4. The van der Waals surface area contributed by atoms with Crippen molar-refractivity contribution in [1.29, 1.82) is 0 Å². The van der Waals surface area contributed by atoms with Gasteiger partial charge in [-0.25, -0.2) is 8.42 Å². The van der Waals surface area contributed by atoms with Gasteiger partial charge in [0.05, 0.1) is 17.6 Å². The fourth-order valence-electron chi connectivity index (χ4n) is 5.77. The highest BCUT2D eigenvalue weighted by molar-refractivity contribution is 8.23. The molecule has 0 radical (unpaired) electrons. The molecule has 3 aromatic carbocycles. The highest BCUT2D eigenvalue weighted by atomic mass is 32.3. The lowest BCUT2D eigenvalue weighted by molar-refractivity contribution is -0.128. The van der Waals surface area contributed by atoms with Gasteiger partial charge in [0.15, 0.2) is 11.6 Å². The Hall–Kier alpha value is -3.68.